The molecule has 0 saturated heterocycles. The van der Waals surface area contributed by atoms with Crippen molar-refractivity contribution in [1.29, 1.82) is 0 Å². The quantitative estimate of drug-likeness (QED) is 0.793. The van der Waals surface area contributed by atoms with E-state index in [1.54, 1.807) is 6.92 Å². The maximum absolute atomic E-state index is 12.0. The van der Waals surface area contributed by atoms with Crippen LogP contribution in [-0.4, -0.2) is 38.9 Å². The fraction of sp³-hybridized carbons (Fsp3) is 0.444. The highest BCUT2D eigenvalue weighted by Gasteiger charge is 2.24. The SMILES string of the molecule is CCOC(=O)CN(C)S(=O)(=O)c1cc(N)cs1. The maximum Gasteiger partial charge on any atom is 0.321 e. The van der Waals surface area contributed by atoms with E-state index in [1.165, 1.54) is 18.5 Å². The molecule has 0 spiro atoms. The first-order chi connectivity index (χ1) is 7.87. The summed E-state index contributed by atoms with van der Waals surface area (Å²) in [5, 5.41) is 1.53. The van der Waals surface area contributed by atoms with Crippen molar-refractivity contribution >= 4 is 33.0 Å². The molecule has 0 fully saturated rings. The number of sulfonamides is 1. The van der Waals surface area contributed by atoms with Crippen LogP contribution in [0.2, 0.25) is 0 Å². The van der Waals surface area contributed by atoms with Gasteiger partial charge < -0.3 is 10.5 Å². The number of hydrogen-bond donors (Lipinski definition) is 1. The summed E-state index contributed by atoms with van der Waals surface area (Å²) >= 11 is 1.02. The summed E-state index contributed by atoms with van der Waals surface area (Å²) in [5.41, 5.74) is 5.85. The van der Waals surface area contributed by atoms with Crippen LogP contribution in [-0.2, 0) is 19.6 Å². The van der Waals surface area contributed by atoms with Crippen molar-refractivity contribution in [2.45, 2.75) is 11.1 Å². The Morgan fingerprint density at radius 2 is 2.24 bits per heavy atom. The molecule has 0 amide bonds. The number of hydrogen-bond acceptors (Lipinski definition) is 6. The summed E-state index contributed by atoms with van der Waals surface area (Å²) in [7, 11) is -2.34. The van der Waals surface area contributed by atoms with E-state index in [1.807, 2.05) is 0 Å². The van der Waals surface area contributed by atoms with Crippen LogP contribution in [0.3, 0.4) is 0 Å². The Balaban J connectivity index is 2.81. The molecule has 0 aliphatic rings. The second-order valence-electron chi connectivity index (χ2n) is 3.27. The predicted molar refractivity (Wildman–Crippen MR) is 65.2 cm³/mol. The van der Waals surface area contributed by atoms with Gasteiger partial charge in [-0.05, 0) is 13.0 Å². The molecule has 1 aromatic rings. The molecule has 0 saturated carbocycles. The van der Waals surface area contributed by atoms with Gasteiger partial charge in [-0.15, -0.1) is 11.3 Å². The average molecular weight is 278 g/mol. The third kappa shape index (κ3) is 3.42. The van der Waals surface area contributed by atoms with Crippen LogP contribution in [0.5, 0.6) is 0 Å². The van der Waals surface area contributed by atoms with Gasteiger partial charge in [-0.1, -0.05) is 0 Å². The summed E-state index contributed by atoms with van der Waals surface area (Å²) in [6, 6.07) is 1.36. The lowest BCUT2D eigenvalue weighted by molar-refractivity contribution is -0.143. The molecule has 0 atom stereocenters. The Labute approximate surface area is 104 Å². The minimum Gasteiger partial charge on any atom is -0.465 e. The lowest BCUT2D eigenvalue weighted by Crippen LogP contribution is -2.32. The number of nitrogen functional groups attached to an aromatic ring is 1. The van der Waals surface area contributed by atoms with Crippen LogP contribution >= 0.6 is 11.3 Å². The van der Waals surface area contributed by atoms with Gasteiger partial charge in [-0.3, -0.25) is 4.79 Å². The van der Waals surface area contributed by atoms with Crippen LogP contribution < -0.4 is 5.73 Å². The lowest BCUT2D eigenvalue weighted by atomic mass is 10.6. The molecule has 0 aromatic carbocycles. The molecular formula is C9H14N2O4S2. The number of thiophene rings is 1. The Morgan fingerprint density at radius 1 is 1.59 bits per heavy atom. The summed E-state index contributed by atoms with van der Waals surface area (Å²) in [6.45, 7) is 1.57. The van der Waals surface area contributed by atoms with Gasteiger partial charge in [0, 0.05) is 18.1 Å². The molecule has 2 N–H and O–H groups in total. The number of nitrogens with two attached hydrogens (primary N) is 1. The minimum absolute atomic E-state index is 0.113. The molecule has 1 aromatic heterocycles. The molecule has 0 bridgehead atoms. The highest BCUT2D eigenvalue weighted by molar-refractivity contribution is 7.91. The highest BCUT2D eigenvalue weighted by Crippen LogP contribution is 2.24. The van der Waals surface area contributed by atoms with Gasteiger partial charge >= 0.3 is 5.97 Å². The standard InChI is InChI=1S/C9H14N2O4S2/c1-3-15-8(12)5-11(2)17(13,14)9-4-7(10)6-16-9/h4,6H,3,5,10H2,1-2H3. The Bertz CT molecular complexity index is 495. The van der Waals surface area contributed by atoms with Gasteiger partial charge in [-0.25, -0.2) is 8.42 Å². The fourth-order valence-corrected chi connectivity index (χ4v) is 3.50. The summed E-state index contributed by atoms with van der Waals surface area (Å²) in [5.74, 6) is -0.580. The fourth-order valence-electron chi connectivity index (χ4n) is 1.09. The van der Waals surface area contributed by atoms with Crippen LogP contribution in [0, 0.1) is 0 Å². The van der Waals surface area contributed by atoms with E-state index < -0.39 is 16.0 Å². The third-order valence-electron chi connectivity index (χ3n) is 1.92. The Hall–Kier alpha value is -1.12. The largest absolute Gasteiger partial charge is 0.465 e. The van der Waals surface area contributed by atoms with Crippen LogP contribution in [0.4, 0.5) is 5.69 Å². The van der Waals surface area contributed by atoms with Crippen LogP contribution in [0.25, 0.3) is 0 Å². The van der Waals surface area contributed by atoms with Crippen molar-refractivity contribution < 1.29 is 17.9 Å². The number of esters is 1. The van der Waals surface area contributed by atoms with Crippen molar-refractivity contribution in [3.05, 3.63) is 11.4 Å². The van der Waals surface area contributed by atoms with E-state index in [0.717, 1.165) is 15.6 Å². The predicted octanol–water partition coefficient (Wildman–Crippen LogP) is 0.514. The van der Waals surface area contributed by atoms with Crippen molar-refractivity contribution in [3.8, 4) is 0 Å². The topological polar surface area (TPSA) is 89.7 Å². The van der Waals surface area contributed by atoms with Gasteiger partial charge in [-0.2, -0.15) is 4.31 Å². The van der Waals surface area contributed by atoms with Crippen molar-refractivity contribution in [3.63, 3.8) is 0 Å². The molecule has 0 aliphatic heterocycles. The Morgan fingerprint density at radius 3 is 2.71 bits per heavy atom. The van der Waals surface area contributed by atoms with Crippen molar-refractivity contribution in [1.82, 2.24) is 4.31 Å². The molecule has 1 heterocycles. The second kappa shape index (κ2) is 5.48. The molecule has 0 aliphatic carbocycles. The van der Waals surface area contributed by atoms with Crippen molar-refractivity contribution in [2.75, 3.05) is 25.9 Å². The van der Waals surface area contributed by atoms with Crippen molar-refractivity contribution in [2.24, 2.45) is 0 Å². The summed E-state index contributed by atoms with van der Waals surface area (Å²) in [4.78, 5) is 11.2. The smallest absolute Gasteiger partial charge is 0.321 e. The van der Waals surface area contributed by atoms with E-state index in [4.69, 9.17) is 5.73 Å². The minimum atomic E-state index is -3.66. The number of rotatable bonds is 5. The van der Waals surface area contributed by atoms with Gasteiger partial charge in [0.05, 0.1) is 6.61 Å². The number of nitrogens with zero attached hydrogens (tertiary/aromatic N) is 1. The molecule has 0 radical (unpaired) electrons. The van der Waals surface area contributed by atoms with E-state index in [-0.39, 0.29) is 17.4 Å². The first-order valence-corrected chi connectivity index (χ1v) is 7.16. The van der Waals surface area contributed by atoms with E-state index in [0.29, 0.717) is 5.69 Å². The molecular weight excluding hydrogens is 264 g/mol. The summed E-state index contributed by atoms with van der Waals surface area (Å²) < 4.78 is 29.7. The average Bonchev–Trinajstić information content (AvgIpc) is 2.65. The van der Waals surface area contributed by atoms with Gasteiger partial charge in [0.1, 0.15) is 10.8 Å². The lowest BCUT2D eigenvalue weighted by Gasteiger charge is -2.14. The van der Waals surface area contributed by atoms with Gasteiger partial charge in [0.15, 0.2) is 0 Å². The number of ether oxygens (including phenoxy) is 1. The first kappa shape index (κ1) is 13.9. The zero-order valence-corrected chi connectivity index (χ0v) is 11.2. The molecule has 96 valence electrons. The summed E-state index contributed by atoms with van der Waals surface area (Å²) in [6.07, 6.45) is 0. The molecule has 6 nitrogen and oxygen atoms in total. The van der Waals surface area contributed by atoms with Crippen LogP contribution in [0.15, 0.2) is 15.7 Å². The van der Waals surface area contributed by atoms with Gasteiger partial charge in [0.2, 0.25) is 0 Å². The number of likely N-dealkylation sites (N-methyl/N-ethyl adjacent to an activating group) is 1. The van der Waals surface area contributed by atoms with Crippen LogP contribution in [0.1, 0.15) is 6.92 Å². The first-order valence-electron chi connectivity index (χ1n) is 4.84. The zero-order chi connectivity index (χ0) is 13.1. The Kier molecular flexibility index (Phi) is 4.49. The molecule has 8 heteroatoms. The van der Waals surface area contributed by atoms with E-state index in [9.17, 15) is 13.2 Å². The number of anilines is 1. The maximum atomic E-state index is 12.0. The number of carbonyl (C=O) groups is 1. The normalized spacial score (nSPS) is 11.7. The monoisotopic (exact) mass is 278 g/mol. The van der Waals surface area contributed by atoms with Gasteiger partial charge in [0.25, 0.3) is 10.0 Å². The highest BCUT2D eigenvalue weighted by atomic mass is 32.2. The second-order valence-corrected chi connectivity index (χ2v) is 6.45. The zero-order valence-electron chi connectivity index (χ0n) is 9.54. The van der Waals surface area contributed by atoms with E-state index in [2.05, 4.69) is 4.74 Å². The number of carbonyl (C=O) groups excluding carboxylic acids is 1. The molecule has 17 heavy (non-hydrogen) atoms. The molecule has 1 rings (SSSR count). The third-order valence-corrected chi connectivity index (χ3v) is 5.15. The van der Waals surface area contributed by atoms with E-state index >= 15 is 0 Å². The molecule has 0 unspecified atom stereocenters.